The predicted octanol–water partition coefficient (Wildman–Crippen LogP) is 6.11. The maximum Gasteiger partial charge on any atom is 0.125 e. The number of ether oxygens (including phenoxy) is 2. The molecule has 27 heavy (non-hydrogen) atoms. The second-order valence-electron chi connectivity index (χ2n) is 6.95. The van der Waals surface area contributed by atoms with E-state index in [2.05, 4.69) is 19.3 Å². The smallest absolute Gasteiger partial charge is 0.125 e. The van der Waals surface area contributed by atoms with E-state index in [1.54, 1.807) is 12.3 Å². The molecule has 0 spiro atoms. The third-order valence-electron chi connectivity index (χ3n) is 3.55. The molecule has 0 atom stereocenters. The minimum atomic E-state index is -0.221. The first-order valence-corrected chi connectivity index (χ1v) is 10.0. The molecule has 4 nitrogen and oxygen atoms in total. The highest BCUT2D eigenvalue weighted by atomic mass is 35.5. The molecule has 1 rings (SSSR count). The van der Waals surface area contributed by atoms with E-state index in [-0.39, 0.29) is 10.1 Å². The lowest BCUT2D eigenvalue weighted by Gasteiger charge is -2.18. The summed E-state index contributed by atoms with van der Waals surface area (Å²) in [6, 6.07) is 4.03. The molecule has 0 heterocycles. The highest BCUT2D eigenvalue weighted by Crippen LogP contribution is 2.31. The second-order valence-corrected chi connectivity index (χ2v) is 7.96. The third-order valence-corrected chi connectivity index (χ3v) is 3.86. The molecule has 0 saturated carbocycles. The number of benzene rings is 1. The number of nitrogens with one attached hydrogen (secondary N) is 1. The van der Waals surface area contributed by atoms with Crippen molar-refractivity contribution in [2.75, 3.05) is 13.2 Å². The van der Waals surface area contributed by atoms with Gasteiger partial charge in [0.05, 0.1) is 12.2 Å². The van der Waals surface area contributed by atoms with Gasteiger partial charge < -0.3 is 9.47 Å². The van der Waals surface area contributed by atoms with Crippen molar-refractivity contribution in [2.45, 2.75) is 59.5 Å². The molecule has 0 amide bonds. The number of hydrogen-bond acceptors (Lipinski definition) is 4. The highest BCUT2D eigenvalue weighted by molar-refractivity contribution is 6.55. The molecule has 0 aliphatic rings. The van der Waals surface area contributed by atoms with Crippen molar-refractivity contribution < 1.29 is 14.3 Å². The number of halogens is 2. The van der Waals surface area contributed by atoms with Crippen LogP contribution in [0.4, 0.5) is 0 Å². The van der Waals surface area contributed by atoms with E-state index in [1.165, 1.54) is 0 Å². The third kappa shape index (κ3) is 9.94. The molecular formula is C21H31Cl2NO3. The van der Waals surface area contributed by atoms with Crippen molar-refractivity contribution >= 4 is 23.2 Å². The average Bonchev–Trinajstić information content (AvgIpc) is 2.59. The van der Waals surface area contributed by atoms with Gasteiger partial charge in [0.1, 0.15) is 22.6 Å². The van der Waals surface area contributed by atoms with Gasteiger partial charge in [0.15, 0.2) is 0 Å². The molecule has 6 heteroatoms. The molecule has 0 aliphatic heterocycles. The molecule has 0 saturated heterocycles. The van der Waals surface area contributed by atoms with Gasteiger partial charge in [-0.3, -0.25) is 10.3 Å². The zero-order valence-corrected chi connectivity index (χ0v) is 18.4. The van der Waals surface area contributed by atoms with Crippen LogP contribution in [0.25, 0.3) is 0 Å². The topological polar surface area (TPSA) is 39.7 Å². The fraction of sp³-hybridized carbons (Fsp3) is 0.524. The Hall–Kier alpha value is -1.36. The van der Waals surface area contributed by atoms with Crippen molar-refractivity contribution in [3.05, 3.63) is 46.1 Å². The second kappa shape index (κ2) is 12.2. The van der Waals surface area contributed by atoms with Gasteiger partial charge in [0, 0.05) is 12.6 Å². The molecule has 1 aromatic rings. The Labute approximate surface area is 173 Å². The van der Waals surface area contributed by atoms with Crippen molar-refractivity contribution in [3.8, 4) is 11.5 Å². The monoisotopic (exact) mass is 415 g/mol. The van der Waals surface area contributed by atoms with Crippen LogP contribution in [-0.2, 0) is 17.7 Å². The Kier molecular flexibility index (Phi) is 10.7. The summed E-state index contributed by atoms with van der Waals surface area (Å²) in [4.78, 5) is 5.42. The normalized spacial score (nSPS) is 11.5. The maximum absolute atomic E-state index is 6.07. The molecular weight excluding hydrogens is 385 g/mol. The Balaban J connectivity index is 2.65. The minimum Gasteiger partial charge on any atom is -0.493 e. The summed E-state index contributed by atoms with van der Waals surface area (Å²) in [5.74, 6) is 1.75. The summed E-state index contributed by atoms with van der Waals surface area (Å²) in [6.45, 7) is 11.1. The number of rotatable bonds is 11. The molecule has 0 aromatic heterocycles. The summed E-state index contributed by atoms with van der Waals surface area (Å²) in [7, 11) is 0. The zero-order chi connectivity index (χ0) is 20.3. The Bertz CT molecular complexity index is 608. The first-order valence-electron chi connectivity index (χ1n) is 9.28. The molecule has 0 radical (unpaired) electrons. The molecule has 0 aliphatic carbocycles. The number of hydroxylamine groups is 1. The van der Waals surface area contributed by atoms with Crippen LogP contribution in [0.2, 0.25) is 0 Å². The van der Waals surface area contributed by atoms with Crippen LogP contribution in [0.15, 0.2) is 35.0 Å². The Morgan fingerprint density at radius 2 is 1.70 bits per heavy atom. The van der Waals surface area contributed by atoms with E-state index >= 15 is 0 Å². The number of hydrogen-bond donors (Lipinski definition) is 1. The maximum atomic E-state index is 6.07. The molecule has 0 fully saturated rings. The lowest BCUT2D eigenvalue weighted by molar-refractivity contribution is -0.0522. The van der Waals surface area contributed by atoms with Crippen LogP contribution in [0.5, 0.6) is 11.5 Å². The summed E-state index contributed by atoms with van der Waals surface area (Å²) in [6.07, 6.45) is 7.91. The first kappa shape index (κ1) is 23.7. The van der Waals surface area contributed by atoms with Gasteiger partial charge in [-0.25, -0.2) is 0 Å². The van der Waals surface area contributed by atoms with E-state index in [0.29, 0.717) is 13.2 Å². The van der Waals surface area contributed by atoms with Gasteiger partial charge in [-0.2, -0.15) is 0 Å². The fourth-order valence-electron chi connectivity index (χ4n) is 2.29. The van der Waals surface area contributed by atoms with Gasteiger partial charge in [0.25, 0.3) is 0 Å². The quantitative estimate of drug-likeness (QED) is 0.349. The number of aryl methyl sites for hydroxylation is 2. The summed E-state index contributed by atoms with van der Waals surface area (Å²) >= 11 is 11.2. The van der Waals surface area contributed by atoms with Crippen molar-refractivity contribution in [2.24, 2.45) is 0 Å². The molecule has 0 bridgehead atoms. The predicted molar refractivity (Wildman–Crippen MR) is 114 cm³/mol. The van der Waals surface area contributed by atoms with Gasteiger partial charge in [-0.05, 0) is 62.9 Å². The summed E-state index contributed by atoms with van der Waals surface area (Å²) < 4.78 is 12.0. The standard InChI is InChI=1S/C21H31Cl2NO3/c1-6-16-14-18(25-13-10-19(22)23)15-17(7-2)20(16)26-12-9-8-11-24-27-21(3,4)5/h8,10-11,14-15,24H,6-7,9,12-13H2,1-5H3. The van der Waals surface area contributed by atoms with E-state index in [0.717, 1.165) is 41.9 Å². The van der Waals surface area contributed by atoms with Gasteiger partial charge in [-0.15, -0.1) is 0 Å². The van der Waals surface area contributed by atoms with Gasteiger partial charge in [-0.1, -0.05) is 43.1 Å². The van der Waals surface area contributed by atoms with Crippen molar-refractivity contribution in [1.29, 1.82) is 0 Å². The molecule has 1 aromatic carbocycles. The largest absolute Gasteiger partial charge is 0.493 e. The lowest BCUT2D eigenvalue weighted by atomic mass is 10.0. The summed E-state index contributed by atoms with van der Waals surface area (Å²) in [5.41, 5.74) is 4.86. The Morgan fingerprint density at radius 3 is 2.22 bits per heavy atom. The molecule has 152 valence electrons. The van der Waals surface area contributed by atoms with Gasteiger partial charge >= 0.3 is 0 Å². The Morgan fingerprint density at radius 1 is 1.07 bits per heavy atom. The van der Waals surface area contributed by atoms with E-state index in [1.807, 2.05) is 39.0 Å². The van der Waals surface area contributed by atoms with Crippen LogP contribution in [0, 0.1) is 0 Å². The molecule has 0 unspecified atom stereocenters. The molecule has 1 N–H and O–H groups in total. The van der Waals surface area contributed by atoms with Crippen molar-refractivity contribution in [3.63, 3.8) is 0 Å². The SMILES string of the molecule is CCc1cc(OCC=C(Cl)Cl)cc(CC)c1OCCC=CNOC(C)(C)C. The van der Waals surface area contributed by atoms with E-state index < -0.39 is 0 Å². The van der Waals surface area contributed by atoms with Gasteiger partial charge in [0.2, 0.25) is 0 Å². The van der Waals surface area contributed by atoms with Crippen LogP contribution in [0.1, 0.15) is 52.2 Å². The van der Waals surface area contributed by atoms with Crippen LogP contribution < -0.4 is 15.0 Å². The van der Waals surface area contributed by atoms with Crippen LogP contribution in [-0.4, -0.2) is 18.8 Å². The summed E-state index contributed by atoms with van der Waals surface area (Å²) in [5, 5.41) is 0. The highest BCUT2D eigenvalue weighted by Gasteiger charge is 2.11. The van der Waals surface area contributed by atoms with Crippen molar-refractivity contribution in [1.82, 2.24) is 5.48 Å². The lowest BCUT2D eigenvalue weighted by Crippen LogP contribution is -2.25. The van der Waals surface area contributed by atoms with Crippen LogP contribution >= 0.6 is 23.2 Å². The zero-order valence-electron chi connectivity index (χ0n) is 16.9. The average molecular weight is 416 g/mol. The fourth-order valence-corrected chi connectivity index (χ4v) is 2.41. The van der Waals surface area contributed by atoms with Crippen LogP contribution in [0.3, 0.4) is 0 Å². The first-order chi connectivity index (χ1) is 12.8. The minimum absolute atomic E-state index is 0.205. The van der Waals surface area contributed by atoms with E-state index in [4.69, 9.17) is 37.5 Å². The van der Waals surface area contributed by atoms with E-state index in [9.17, 15) is 0 Å².